The Morgan fingerprint density at radius 2 is 2.07 bits per heavy atom. The fourth-order valence-corrected chi connectivity index (χ4v) is 1.52. The van der Waals surface area contributed by atoms with Gasteiger partial charge in [0.15, 0.2) is 0 Å². The monoisotopic (exact) mass is 207 g/mol. The van der Waals surface area contributed by atoms with E-state index in [0.29, 0.717) is 11.5 Å². The molecule has 0 aromatic carbocycles. The summed E-state index contributed by atoms with van der Waals surface area (Å²) in [4.78, 5) is 8.50. The first-order chi connectivity index (χ1) is 7.22. The van der Waals surface area contributed by atoms with Crippen molar-refractivity contribution >= 4 is 0 Å². The summed E-state index contributed by atoms with van der Waals surface area (Å²) in [5, 5.41) is 9.83. The minimum Gasteiger partial charge on any atom is -0.387 e. The van der Waals surface area contributed by atoms with Gasteiger partial charge < -0.3 is 10.8 Å². The van der Waals surface area contributed by atoms with Crippen molar-refractivity contribution in [3.05, 3.63) is 23.8 Å². The first kappa shape index (κ1) is 10.5. The molecule has 2 unspecified atom stereocenters. The molecule has 0 aliphatic heterocycles. The molecule has 1 saturated carbocycles. The highest BCUT2D eigenvalue weighted by Gasteiger charge is 2.26. The van der Waals surface area contributed by atoms with Gasteiger partial charge in [-0.1, -0.05) is 6.92 Å². The average molecular weight is 207 g/mol. The molecule has 2 atom stereocenters. The van der Waals surface area contributed by atoms with Gasteiger partial charge >= 0.3 is 0 Å². The van der Waals surface area contributed by atoms with E-state index in [0.717, 1.165) is 12.2 Å². The molecule has 82 valence electrons. The Bertz CT molecular complexity index is 321. The van der Waals surface area contributed by atoms with Crippen molar-refractivity contribution in [2.75, 3.05) is 0 Å². The molecule has 4 nitrogen and oxygen atoms in total. The Morgan fingerprint density at radius 3 is 2.53 bits per heavy atom. The van der Waals surface area contributed by atoms with Gasteiger partial charge in [-0.3, -0.25) is 0 Å². The summed E-state index contributed by atoms with van der Waals surface area (Å²) in [6.45, 7) is 1.95. The second-order valence-electron chi connectivity index (χ2n) is 4.17. The van der Waals surface area contributed by atoms with E-state index >= 15 is 0 Å². The van der Waals surface area contributed by atoms with E-state index in [1.54, 1.807) is 12.4 Å². The predicted octanol–water partition coefficient (Wildman–Crippen LogP) is 1.12. The molecule has 0 bridgehead atoms. The zero-order valence-corrected chi connectivity index (χ0v) is 8.93. The van der Waals surface area contributed by atoms with Crippen molar-refractivity contribution < 1.29 is 5.11 Å². The lowest BCUT2D eigenvalue weighted by Crippen LogP contribution is -2.27. The maximum absolute atomic E-state index is 9.83. The van der Waals surface area contributed by atoms with Crippen LogP contribution >= 0.6 is 0 Å². The number of nitrogens with two attached hydrogens (primary N) is 1. The molecule has 1 aliphatic rings. The van der Waals surface area contributed by atoms with Crippen molar-refractivity contribution in [2.24, 2.45) is 5.73 Å². The van der Waals surface area contributed by atoms with Crippen LogP contribution in [0.2, 0.25) is 0 Å². The number of aromatic nitrogens is 2. The molecule has 1 aromatic rings. The van der Waals surface area contributed by atoms with E-state index in [9.17, 15) is 5.11 Å². The summed E-state index contributed by atoms with van der Waals surface area (Å²) < 4.78 is 0. The molecular formula is C11H17N3O. The molecule has 1 heterocycles. The molecule has 0 saturated heterocycles. The summed E-state index contributed by atoms with van der Waals surface area (Å²) in [7, 11) is 0. The molecule has 2 rings (SSSR count). The van der Waals surface area contributed by atoms with Crippen LogP contribution in [0.4, 0.5) is 0 Å². The van der Waals surface area contributed by atoms with Crippen LogP contribution in [0.1, 0.15) is 49.6 Å². The summed E-state index contributed by atoms with van der Waals surface area (Å²) >= 11 is 0. The van der Waals surface area contributed by atoms with Crippen LogP contribution in [0.15, 0.2) is 12.4 Å². The van der Waals surface area contributed by atoms with Crippen molar-refractivity contribution in [1.82, 2.24) is 9.97 Å². The highest BCUT2D eigenvalue weighted by Crippen LogP contribution is 2.37. The Kier molecular flexibility index (Phi) is 2.98. The normalized spacial score (nSPS) is 19.9. The Hall–Kier alpha value is -1.00. The standard InChI is InChI=1S/C11H17N3O/c1-2-9(12)10(15)8-5-13-11(14-6-8)7-3-4-7/h5-7,9-10,15H,2-4,12H2,1H3. The lowest BCUT2D eigenvalue weighted by atomic mass is 10.0. The largest absolute Gasteiger partial charge is 0.387 e. The third-order valence-corrected chi connectivity index (χ3v) is 2.85. The molecule has 1 fully saturated rings. The number of hydrogen-bond acceptors (Lipinski definition) is 4. The van der Waals surface area contributed by atoms with Gasteiger partial charge in [0, 0.05) is 29.9 Å². The number of nitrogens with zero attached hydrogens (tertiary/aromatic N) is 2. The third kappa shape index (κ3) is 2.33. The van der Waals surface area contributed by atoms with Gasteiger partial charge in [0.1, 0.15) is 5.82 Å². The van der Waals surface area contributed by atoms with E-state index in [1.165, 1.54) is 12.8 Å². The van der Waals surface area contributed by atoms with Crippen LogP contribution in [-0.2, 0) is 0 Å². The molecule has 1 aliphatic carbocycles. The maximum atomic E-state index is 9.83. The van der Waals surface area contributed by atoms with Crippen LogP contribution in [0.5, 0.6) is 0 Å². The van der Waals surface area contributed by atoms with E-state index < -0.39 is 6.10 Å². The van der Waals surface area contributed by atoms with Crippen LogP contribution in [0.3, 0.4) is 0 Å². The van der Waals surface area contributed by atoms with Crippen LogP contribution < -0.4 is 5.73 Å². The quantitative estimate of drug-likeness (QED) is 0.776. The van der Waals surface area contributed by atoms with Crippen molar-refractivity contribution in [3.8, 4) is 0 Å². The first-order valence-corrected chi connectivity index (χ1v) is 5.48. The van der Waals surface area contributed by atoms with E-state index in [2.05, 4.69) is 9.97 Å². The minimum absolute atomic E-state index is 0.236. The van der Waals surface area contributed by atoms with Crippen molar-refractivity contribution in [2.45, 2.75) is 44.2 Å². The third-order valence-electron chi connectivity index (χ3n) is 2.85. The molecule has 0 amide bonds. The van der Waals surface area contributed by atoms with Gasteiger partial charge in [-0.05, 0) is 19.3 Å². The van der Waals surface area contributed by atoms with Gasteiger partial charge in [-0.15, -0.1) is 0 Å². The van der Waals surface area contributed by atoms with Gasteiger partial charge in [0.05, 0.1) is 6.10 Å². The molecule has 0 spiro atoms. The topological polar surface area (TPSA) is 72.0 Å². The van der Waals surface area contributed by atoms with E-state index in [1.807, 2.05) is 6.92 Å². The first-order valence-electron chi connectivity index (χ1n) is 5.48. The minimum atomic E-state index is -0.650. The molecule has 1 aromatic heterocycles. The van der Waals surface area contributed by atoms with Crippen LogP contribution in [0, 0.1) is 0 Å². The van der Waals surface area contributed by atoms with Crippen molar-refractivity contribution in [3.63, 3.8) is 0 Å². The Balaban J connectivity index is 2.08. The highest BCUT2D eigenvalue weighted by molar-refractivity contribution is 5.14. The lowest BCUT2D eigenvalue weighted by molar-refractivity contribution is 0.143. The number of hydrogen-bond donors (Lipinski definition) is 2. The smallest absolute Gasteiger partial charge is 0.131 e. The van der Waals surface area contributed by atoms with Gasteiger partial charge in [0.2, 0.25) is 0 Å². The zero-order valence-electron chi connectivity index (χ0n) is 8.93. The fraction of sp³-hybridized carbons (Fsp3) is 0.636. The van der Waals surface area contributed by atoms with E-state index in [-0.39, 0.29) is 6.04 Å². The molecule has 15 heavy (non-hydrogen) atoms. The fourth-order valence-electron chi connectivity index (χ4n) is 1.52. The predicted molar refractivity (Wildman–Crippen MR) is 57.2 cm³/mol. The number of aliphatic hydroxyl groups excluding tert-OH is 1. The Labute approximate surface area is 89.6 Å². The van der Waals surface area contributed by atoms with Gasteiger partial charge in [-0.2, -0.15) is 0 Å². The average Bonchev–Trinajstić information content (AvgIpc) is 3.11. The molecular weight excluding hydrogens is 190 g/mol. The van der Waals surface area contributed by atoms with Crippen LogP contribution in [-0.4, -0.2) is 21.1 Å². The molecule has 0 radical (unpaired) electrons. The SMILES string of the molecule is CCC(N)C(O)c1cnc(C2CC2)nc1. The zero-order chi connectivity index (χ0) is 10.8. The van der Waals surface area contributed by atoms with Gasteiger partial charge in [0.25, 0.3) is 0 Å². The summed E-state index contributed by atoms with van der Waals surface area (Å²) in [6, 6.07) is -0.236. The second-order valence-corrected chi connectivity index (χ2v) is 4.17. The maximum Gasteiger partial charge on any atom is 0.131 e. The van der Waals surface area contributed by atoms with Crippen molar-refractivity contribution in [1.29, 1.82) is 0 Å². The lowest BCUT2D eigenvalue weighted by Gasteiger charge is -2.16. The summed E-state index contributed by atoms with van der Waals surface area (Å²) in [5.74, 6) is 1.45. The van der Waals surface area contributed by atoms with Crippen LogP contribution in [0.25, 0.3) is 0 Å². The molecule has 4 heteroatoms. The number of rotatable bonds is 4. The summed E-state index contributed by atoms with van der Waals surface area (Å²) in [5.41, 5.74) is 6.47. The Morgan fingerprint density at radius 1 is 1.47 bits per heavy atom. The highest BCUT2D eigenvalue weighted by atomic mass is 16.3. The second kappa shape index (κ2) is 4.24. The summed E-state index contributed by atoms with van der Waals surface area (Å²) in [6.07, 6.45) is 5.86. The molecule has 3 N–H and O–H groups in total. The van der Waals surface area contributed by atoms with Gasteiger partial charge in [-0.25, -0.2) is 9.97 Å². The number of aliphatic hydroxyl groups is 1. The van der Waals surface area contributed by atoms with E-state index in [4.69, 9.17) is 5.73 Å².